The van der Waals surface area contributed by atoms with Crippen molar-refractivity contribution < 1.29 is 4.74 Å². The lowest BCUT2D eigenvalue weighted by atomic mass is 10.2. The summed E-state index contributed by atoms with van der Waals surface area (Å²) in [5, 5.41) is 5.63. The highest BCUT2D eigenvalue weighted by molar-refractivity contribution is 5.85. The number of ether oxygens (including phenoxy) is 1. The van der Waals surface area contributed by atoms with Crippen LogP contribution in [0.5, 0.6) is 5.75 Å². The Balaban J connectivity index is 1.70. The largest absolute Gasteiger partial charge is 0.497 e. The van der Waals surface area contributed by atoms with Gasteiger partial charge in [-0.25, -0.2) is 4.98 Å². The number of aromatic nitrogens is 2. The molecule has 4 nitrogen and oxygen atoms in total. The molecule has 4 rings (SSSR count). The summed E-state index contributed by atoms with van der Waals surface area (Å²) in [7, 11) is 1.66. The van der Waals surface area contributed by atoms with E-state index in [1.54, 1.807) is 7.11 Å². The summed E-state index contributed by atoms with van der Waals surface area (Å²) in [6, 6.07) is 18.2. The molecule has 2 aromatic heterocycles. The van der Waals surface area contributed by atoms with E-state index in [0.717, 1.165) is 33.7 Å². The zero-order valence-electron chi connectivity index (χ0n) is 12.1. The fourth-order valence-electron chi connectivity index (χ4n) is 2.57. The van der Waals surface area contributed by atoms with Crippen molar-refractivity contribution in [2.45, 2.75) is 0 Å². The lowest BCUT2D eigenvalue weighted by Gasteiger charge is -2.08. The van der Waals surface area contributed by atoms with E-state index in [-0.39, 0.29) is 0 Å². The predicted molar refractivity (Wildman–Crippen MR) is 89.9 cm³/mol. The summed E-state index contributed by atoms with van der Waals surface area (Å²) in [5.41, 5.74) is 3.02. The third kappa shape index (κ3) is 2.24. The predicted octanol–water partition coefficient (Wildman–Crippen LogP) is 4.47. The molecule has 2 heterocycles. The number of H-pyrrole nitrogens is 1. The fraction of sp³-hybridized carbons (Fsp3) is 0.0556. The van der Waals surface area contributed by atoms with Crippen LogP contribution in [0.3, 0.4) is 0 Å². The highest BCUT2D eigenvalue weighted by Crippen LogP contribution is 2.24. The summed E-state index contributed by atoms with van der Waals surface area (Å²) in [6.07, 6.45) is 1.94. The van der Waals surface area contributed by atoms with Crippen LogP contribution in [0.15, 0.2) is 60.8 Å². The monoisotopic (exact) mass is 289 g/mol. The van der Waals surface area contributed by atoms with E-state index in [1.807, 2.05) is 36.5 Å². The molecule has 4 aromatic rings. The van der Waals surface area contributed by atoms with Gasteiger partial charge in [-0.05, 0) is 47.9 Å². The maximum atomic E-state index is 5.26. The maximum Gasteiger partial charge on any atom is 0.131 e. The van der Waals surface area contributed by atoms with Crippen LogP contribution in [0.2, 0.25) is 0 Å². The Kier molecular flexibility index (Phi) is 2.93. The molecule has 0 saturated carbocycles. The third-order valence-electron chi connectivity index (χ3n) is 3.73. The van der Waals surface area contributed by atoms with Crippen molar-refractivity contribution in [2.24, 2.45) is 0 Å². The number of aromatic amines is 1. The first-order valence-electron chi connectivity index (χ1n) is 7.11. The number of hydrogen-bond donors (Lipinski definition) is 2. The van der Waals surface area contributed by atoms with Gasteiger partial charge in [0.2, 0.25) is 0 Å². The van der Waals surface area contributed by atoms with E-state index in [0.29, 0.717) is 0 Å². The zero-order chi connectivity index (χ0) is 14.9. The number of fused-ring (bicyclic) bond motifs is 2. The summed E-state index contributed by atoms with van der Waals surface area (Å²) in [6.45, 7) is 0. The van der Waals surface area contributed by atoms with E-state index in [1.165, 1.54) is 5.39 Å². The van der Waals surface area contributed by atoms with E-state index in [9.17, 15) is 0 Å². The van der Waals surface area contributed by atoms with Gasteiger partial charge in [-0.1, -0.05) is 6.07 Å². The molecule has 0 atom stereocenters. The molecule has 4 heteroatoms. The molecule has 0 aliphatic heterocycles. The van der Waals surface area contributed by atoms with Crippen LogP contribution in [-0.2, 0) is 0 Å². The molecule has 2 N–H and O–H groups in total. The van der Waals surface area contributed by atoms with Gasteiger partial charge in [0, 0.05) is 28.9 Å². The molecule has 0 unspecified atom stereocenters. The Morgan fingerprint density at radius 2 is 1.82 bits per heavy atom. The topological polar surface area (TPSA) is 49.9 Å². The molecular weight excluding hydrogens is 274 g/mol. The van der Waals surface area contributed by atoms with Crippen molar-refractivity contribution in [1.29, 1.82) is 0 Å². The summed E-state index contributed by atoms with van der Waals surface area (Å²) in [5.74, 6) is 1.62. The first-order valence-corrected chi connectivity index (χ1v) is 7.11. The number of nitrogens with zero attached hydrogens (tertiary/aromatic N) is 1. The molecule has 22 heavy (non-hydrogen) atoms. The van der Waals surface area contributed by atoms with Crippen LogP contribution >= 0.6 is 0 Å². The Morgan fingerprint density at radius 1 is 0.955 bits per heavy atom. The van der Waals surface area contributed by atoms with Gasteiger partial charge in [0.25, 0.3) is 0 Å². The van der Waals surface area contributed by atoms with E-state index < -0.39 is 0 Å². The van der Waals surface area contributed by atoms with Gasteiger partial charge in [0.05, 0.1) is 12.6 Å². The first-order chi connectivity index (χ1) is 10.8. The molecule has 2 aromatic carbocycles. The van der Waals surface area contributed by atoms with Crippen molar-refractivity contribution >= 4 is 33.3 Å². The number of benzene rings is 2. The minimum atomic E-state index is 0.810. The number of rotatable bonds is 3. The third-order valence-corrected chi connectivity index (χ3v) is 3.73. The number of anilines is 2. The standard InChI is InChI=1S/C18H15N3O/c1-22-15-6-3-12-4-7-18(21-17(12)11-15)20-14-5-2-13-8-9-19-16(13)10-14/h2-11,19H,1H3,(H,20,21). The first kappa shape index (κ1) is 12.7. The van der Waals surface area contributed by atoms with Gasteiger partial charge in [0.1, 0.15) is 11.6 Å². The smallest absolute Gasteiger partial charge is 0.131 e. The van der Waals surface area contributed by atoms with Gasteiger partial charge in [0.15, 0.2) is 0 Å². The van der Waals surface area contributed by atoms with Crippen LogP contribution < -0.4 is 10.1 Å². The molecule has 0 bridgehead atoms. The second kappa shape index (κ2) is 5.07. The SMILES string of the molecule is COc1ccc2ccc(Nc3ccc4cc[nH]c4c3)nc2c1. The minimum Gasteiger partial charge on any atom is -0.497 e. The van der Waals surface area contributed by atoms with Gasteiger partial charge in [-0.15, -0.1) is 0 Å². The Hall–Kier alpha value is -3.01. The zero-order valence-corrected chi connectivity index (χ0v) is 12.1. The van der Waals surface area contributed by atoms with Gasteiger partial charge in [-0.2, -0.15) is 0 Å². The molecular formula is C18H15N3O. The molecule has 0 radical (unpaired) electrons. The normalized spacial score (nSPS) is 11.0. The Bertz CT molecular complexity index is 959. The van der Waals surface area contributed by atoms with Gasteiger partial charge in [-0.3, -0.25) is 0 Å². The average molecular weight is 289 g/mol. The van der Waals surface area contributed by atoms with Crippen LogP contribution in [0.4, 0.5) is 11.5 Å². The lowest BCUT2D eigenvalue weighted by molar-refractivity contribution is 0.415. The van der Waals surface area contributed by atoms with Crippen LogP contribution in [0.25, 0.3) is 21.8 Å². The second-order valence-electron chi connectivity index (χ2n) is 5.16. The van der Waals surface area contributed by atoms with Crippen molar-refractivity contribution in [3.8, 4) is 5.75 Å². The summed E-state index contributed by atoms with van der Waals surface area (Å²) in [4.78, 5) is 7.86. The van der Waals surface area contributed by atoms with Gasteiger partial charge >= 0.3 is 0 Å². The number of pyridine rings is 1. The molecule has 0 spiro atoms. The van der Waals surface area contributed by atoms with E-state index in [4.69, 9.17) is 4.74 Å². The Labute approximate surface area is 127 Å². The van der Waals surface area contributed by atoms with Gasteiger partial charge < -0.3 is 15.0 Å². The maximum absolute atomic E-state index is 5.26. The molecule has 0 aliphatic rings. The van der Waals surface area contributed by atoms with Crippen molar-refractivity contribution in [1.82, 2.24) is 9.97 Å². The summed E-state index contributed by atoms with van der Waals surface area (Å²) < 4.78 is 5.26. The molecule has 0 fully saturated rings. The average Bonchev–Trinajstić information content (AvgIpc) is 3.02. The highest BCUT2D eigenvalue weighted by Gasteiger charge is 2.02. The van der Waals surface area contributed by atoms with Crippen LogP contribution in [0.1, 0.15) is 0 Å². The number of nitrogens with one attached hydrogen (secondary N) is 2. The highest BCUT2D eigenvalue weighted by atomic mass is 16.5. The molecule has 0 aliphatic carbocycles. The van der Waals surface area contributed by atoms with Crippen molar-refractivity contribution in [2.75, 3.05) is 12.4 Å². The number of methoxy groups -OCH3 is 1. The van der Waals surface area contributed by atoms with E-state index in [2.05, 4.69) is 39.6 Å². The van der Waals surface area contributed by atoms with Crippen LogP contribution in [0, 0.1) is 0 Å². The number of hydrogen-bond acceptors (Lipinski definition) is 3. The molecule has 108 valence electrons. The van der Waals surface area contributed by atoms with Crippen molar-refractivity contribution in [3.63, 3.8) is 0 Å². The summed E-state index contributed by atoms with van der Waals surface area (Å²) >= 11 is 0. The molecule has 0 saturated heterocycles. The quantitative estimate of drug-likeness (QED) is 0.585. The van der Waals surface area contributed by atoms with Crippen LogP contribution in [-0.4, -0.2) is 17.1 Å². The fourth-order valence-corrected chi connectivity index (χ4v) is 2.57. The minimum absolute atomic E-state index is 0.810. The Morgan fingerprint density at radius 3 is 2.73 bits per heavy atom. The van der Waals surface area contributed by atoms with E-state index >= 15 is 0 Å². The van der Waals surface area contributed by atoms with Crippen molar-refractivity contribution in [3.05, 3.63) is 60.8 Å². The lowest BCUT2D eigenvalue weighted by Crippen LogP contribution is -1.94. The second-order valence-corrected chi connectivity index (χ2v) is 5.16. The molecule has 0 amide bonds.